The van der Waals surface area contributed by atoms with Crippen LogP contribution in [-0.4, -0.2) is 19.5 Å². The number of pyridine rings is 3. The van der Waals surface area contributed by atoms with Gasteiger partial charge in [-0.15, -0.1) is 0 Å². The van der Waals surface area contributed by atoms with Gasteiger partial charge in [0.15, 0.2) is 0 Å². The van der Waals surface area contributed by atoms with E-state index in [0.29, 0.717) is 0 Å². The van der Waals surface area contributed by atoms with Crippen LogP contribution in [0.25, 0.3) is 72.2 Å². The van der Waals surface area contributed by atoms with Gasteiger partial charge in [0.25, 0.3) is 0 Å². The summed E-state index contributed by atoms with van der Waals surface area (Å²) < 4.78 is 2.29. The molecule has 0 bridgehead atoms. The van der Waals surface area contributed by atoms with Crippen LogP contribution in [0.3, 0.4) is 0 Å². The number of para-hydroxylation sites is 1. The molecule has 0 spiro atoms. The third-order valence-corrected chi connectivity index (χ3v) is 7.70. The second-order valence-corrected chi connectivity index (χ2v) is 10.2. The minimum Gasteiger partial charge on any atom is -0.309 e. The van der Waals surface area contributed by atoms with Crippen molar-refractivity contribution in [1.29, 1.82) is 0 Å². The van der Waals surface area contributed by atoms with Crippen molar-refractivity contribution in [3.63, 3.8) is 0 Å². The monoisotopic (exact) mass is 524 g/mol. The average Bonchev–Trinajstić information content (AvgIpc) is 3.39. The molecular weight excluding hydrogens is 500 g/mol. The largest absolute Gasteiger partial charge is 0.309 e. The smallest absolute Gasteiger partial charge is 0.0893 e. The van der Waals surface area contributed by atoms with Crippen molar-refractivity contribution in [2.24, 2.45) is 0 Å². The van der Waals surface area contributed by atoms with Crippen LogP contribution in [0.2, 0.25) is 0 Å². The predicted octanol–water partition coefficient (Wildman–Crippen LogP) is 9.12. The van der Waals surface area contributed by atoms with E-state index in [2.05, 4.69) is 131 Å². The molecule has 0 N–H and O–H groups in total. The highest BCUT2D eigenvalue weighted by atomic mass is 15.0. The number of rotatable bonds is 4. The quantitative estimate of drug-likeness (QED) is 0.231. The summed E-state index contributed by atoms with van der Waals surface area (Å²) in [5, 5.41) is 4.79. The standard InChI is InChI=1S/C37H24N4/c1-2-8-27-23-28(16-15-25(27)7-1)33-11-6-13-35(40-33)34-12-5-10-32(39-34)26-17-19-29(20-18-26)41-36-14-4-3-9-30(36)31-24-38-22-21-37(31)41/h1-24H. The van der Waals surface area contributed by atoms with Gasteiger partial charge in [-0.1, -0.05) is 78.9 Å². The maximum atomic E-state index is 5.01. The molecule has 4 heterocycles. The van der Waals surface area contributed by atoms with Gasteiger partial charge >= 0.3 is 0 Å². The van der Waals surface area contributed by atoms with Crippen molar-refractivity contribution in [3.8, 4) is 39.6 Å². The molecule has 0 radical (unpaired) electrons. The highest BCUT2D eigenvalue weighted by Gasteiger charge is 2.12. The molecule has 8 aromatic rings. The number of hydrogen-bond acceptors (Lipinski definition) is 3. The first-order chi connectivity index (χ1) is 20.3. The lowest BCUT2D eigenvalue weighted by Gasteiger charge is -2.10. The highest BCUT2D eigenvalue weighted by molar-refractivity contribution is 6.08. The summed E-state index contributed by atoms with van der Waals surface area (Å²) in [7, 11) is 0. The number of aromatic nitrogens is 4. The van der Waals surface area contributed by atoms with Crippen LogP contribution < -0.4 is 0 Å². The van der Waals surface area contributed by atoms with Crippen LogP contribution in [0.15, 0.2) is 146 Å². The lowest BCUT2D eigenvalue weighted by Crippen LogP contribution is -1.95. The highest BCUT2D eigenvalue weighted by Crippen LogP contribution is 2.32. The third kappa shape index (κ3) is 4.05. The SMILES string of the molecule is c1cc(-c2ccc(-n3c4ccccc4c4cnccc43)cc2)nc(-c2cccc(-c3ccc4ccccc4c3)n2)c1. The Morgan fingerprint density at radius 2 is 1.07 bits per heavy atom. The van der Waals surface area contributed by atoms with Crippen molar-refractivity contribution in [2.45, 2.75) is 0 Å². The fraction of sp³-hybridized carbons (Fsp3) is 0. The van der Waals surface area contributed by atoms with Crippen molar-refractivity contribution in [1.82, 2.24) is 19.5 Å². The van der Waals surface area contributed by atoms with Crippen molar-refractivity contribution < 1.29 is 0 Å². The lowest BCUT2D eigenvalue weighted by molar-refractivity contribution is 1.17. The van der Waals surface area contributed by atoms with Crippen molar-refractivity contribution in [2.75, 3.05) is 0 Å². The van der Waals surface area contributed by atoms with Crippen LogP contribution in [0.5, 0.6) is 0 Å². The van der Waals surface area contributed by atoms with Crippen LogP contribution in [-0.2, 0) is 0 Å². The molecule has 4 heteroatoms. The Balaban J connectivity index is 1.14. The summed E-state index contributed by atoms with van der Waals surface area (Å²) >= 11 is 0. The van der Waals surface area contributed by atoms with E-state index < -0.39 is 0 Å². The molecule has 0 amide bonds. The van der Waals surface area contributed by atoms with Gasteiger partial charge in [-0.05, 0) is 65.4 Å². The Morgan fingerprint density at radius 1 is 0.439 bits per heavy atom. The zero-order valence-corrected chi connectivity index (χ0v) is 22.1. The molecule has 0 fully saturated rings. The van der Waals surface area contributed by atoms with E-state index in [0.717, 1.165) is 50.5 Å². The molecule has 0 atom stereocenters. The second-order valence-electron chi connectivity index (χ2n) is 10.2. The predicted molar refractivity (Wildman–Crippen MR) is 168 cm³/mol. The first kappa shape index (κ1) is 23.3. The molecule has 0 aliphatic rings. The third-order valence-electron chi connectivity index (χ3n) is 7.70. The topological polar surface area (TPSA) is 43.6 Å². The zero-order valence-electron chi connectivity index (χ0n) is 22.1. The molecule has 4 aromatic carbocycles. The van der Waals surface area contributed by atoms with E-state index in [1.807, 2.05) is 24.5 Å². The lowest BCUT2D eigenvalue weighted by atomic mass is 10.0. The average molecular weight is 525 g/mol. The summed E-state index contributed by atoms with van der Waals surface area (Å²) in [6.45, 7) is 0. The molecular formula is C37H24N4. The van der Waals surface area contributed by atoms with E-state index in [1.54, 1.807) is 0 Å². The fourth-order valence-corrected chi connectivity index (χ4v) is 5.70. The van der Waals surface area contributed by atoms with Crippen molar-refractivity contribution >= 4 is 32.6 Å². The van der Waals surface area contributed by atoms with Crippen molar-refractivity contribution in [3.05, 3.63) is 146 Å². The summed E-state index contributed by atoms with van der Waals surface area (Å²) in [6, 6.07) is 46.3. The second kappa shape index (κ2) is 9.54. The number of fused-ring (bicyclic) bond motifs is 4. The molecule has 0 aliphatic heterocycles. The zero-order chi connectivity index (χ0) is 27.2. The van der Waals surface area contributed by atoms with Crippen LogP contribution in [0, 0.1) is 0 Å². The van der Waals surface area contributed by atoms with E-state index in [4.69, 9.17) is 9.97 Å². The normalized spacial score (nSPS) is 11.4. The Labute approximate surface area is 237 Å². The number of nitrogens with zero attached hydrogens (tertiary/aromatic N) is 4. The summed E-state index contributed by atoms with van der Waals surface area (Å²) in [5.41, 5.74) is 9.13. The Bertz CT molecular complexity index is 2160. The van der Waals surface area contributed by atoms with Gasteiger partial charge in [-0.3, -0.25) is 4.98 Å². The maximum absolute atomic E-state index is 5.01. The van der Waals surface area contributed by atoms with Gasteiger partial charge in [0, 0.05) is 40.0 Å². The molecule has 41 heavy (non-hydrogen) atoms. The number of hydrogen-bond donors (Lipinski definition) is 0. The summed E-state index contributed by atoms with van der Waals surface area (Å²) in [6.07, 6.45) is 3.80. The van der Waals surface area contributed by atoms with E-state index >= 15 is 0 Å². The molecule has 0 aliphatic carbocycles. The molecule has 4 aromatic heterocycles. The summed E-state index contributed by atoms with van der Waals surface area (Å²) in [5.74, 6) is 0. The van der Waals surface area contributed by atoms with Crippen LogP contribution in [0.4, 0.5) is 0 Å². The van der Waals surface area contributed by atoms with Crippen LogP contribution >= 0.6 is 0 Å². The van der Waals surface area contributed by atoms with Gasteiger partial charge < -0.3 is 4.57 Å². The molecule has 4 nitrogen and oxygen atoms in total. The van der Waals surface area contributed by atoms with E-state index in [1.165, 1.54) is 21.7 Å². The Kier molecular flexibility index (Phi) is 5.42. The van der Waals surface area contributed by atoms with E-state index in [-0.39, 0.29) is 0 Å². The maximum Gasteiger partial charge on any atom is 0.0893 e. The summed E-state index contributed by atoms with van der Waals surface area (Å²) in [4.78, 5) is 14.4. The Morgan fingerprint density at radius 3 is 1.88 bits per heavy atom. The Hall–Kier alpha value is -5.61. The van der Waals surface area contributed by atoms with Gasteiger partial charge in [-0.2, -0.15) is 0 Å². The van der Waals surface area contributed by atoms with Gasteiger partial charge in [0.1, 0.15) is 0 Å². The van der Waals surface area contributed by atoms with Gasteiger partial charge in [-0.25, -0.2) is 9.97 Å². The molecule has 0 saturated carbocycles. The molecule has 192 valence electrons. The van der Waals surface area contributed by atoms with E-state index in [9.17, 15) is 0 Å². The first-order valence-corrected chi connectivity index (χ1v) is 13.7. The molecule has 8 rings (SSSR count). The fourth-order valence-electron chi connectivity index (χ4n) is 5.70. The first-order valence-electron chi connectivity index (χ1n) is 13.7. The van der Waals surface area contributed by atoms with Gasteiger partial charge in [0.2, 0.25) is 0 Å². The minimum absolute atomic E-state index is 0.851. The molecule has 0 unspecified atom stereocenters. The van der Waals surface area contributed by atoms with Gasteiger partial charge in [0.05, 0.1) is 33.8 Å². The number of benzene rings is 4. The molecule has 0 saturated heterocycles. The minimum atomic E-state index is 0.851. The van der Waals surface area contributed by atoms with Crippen LogP contribution in [0.1, 0.15) is 0 Å².